The fourth-order valence-electron chi connectivity index (χ4n) is 3.80. The van der Waals surface area contributed by atoms with Crippen LogP contribution in [0.25, 0.3) is 0 Å². The molecule has 8 heteroatoms. The summed E-state index contributed by atoms with van der Waals surface area (Å²) in [6.07, 6.45) is -0.161. The molecule has 3 amide bonds. The zero-order valence-electron chi connectivity index (χ0n) is 22.3. The van der Waals surface area contributed by atoms with E-state index in [4.69, 9.17) is 10.5 Å². The van der Waals surface area contributed by atoms with Crippen molar-refractivity contribution in [2.45, 2.75) is 77.0 Å². The number of fused-ring (bicyclic) bond motifs is 1. The molecule has 1 aliphatic heterocycles. The Labute approximate surface area is 220 Å². The number of nitrogens with two attached hydrogens (primary N) is 1. The normalized spacial score (nSPS) is 16.0. The van der Waals surface area contributed by atoms with Gasteiger partial charge in [0.25, 0.3) is 0 Å². The number of hydrogen-bond acceptors (Lipinski definition) is 4. The Hall–Kier alpha value is -3.57. The molecule has 0 saturated heterocycles. The van der Waals surface area contributed by atoms with Crippen LogP contribution in [0.1, 0.15) is 43.9 Å². The molecule has 1 heterocycles. The molecule has 0 bridgehead atoms. The van der Waals surface area contributed by atoms with E-state index in [1.807, 2.05) is 54.6 Å². The molecule has 2 aromatic carbocycles. The smallest absolute Gasteiger partial charge is 0.411 e. The molecule has 3 rings (SSSR count). The number of rotatable bonds is 6. The monoisotopic (exact) mass is 519 g/mol. The van der Waals surface area contributed by atoms with E-state index >= 15 is 0 Å². The number of carbonyl (C=O) groups excluding carboxylic acids is 3. The third kappa shape index (κ3) is 7.23. The molecule has 7 nitrogen and oxygen atoms in total. The molecule has 0 aliphatic carbocycles. The van der Waals surface area contributed by atoms with Gasteiger partial charge < -0.3 is 15.8 Å². The van der Waals surface area contributed by atoms with Gasteiger partial charge >= 0.3 is 6.09 Å². The number of carbonyl (C=O) groups is 3. The van der Waals surface area contributed by atoms with Gasteiger partial charge in [-0.2, -0.15) is 0 Å². The summed E-state index contributed by atoms with van der Waals surface area (Å²) in [5, 5.41) is 2.82. The van der Waals surface area contributed by atoms with Gasteiger partial charge in [-0.25, -0.2) is 4.79 Å². The highest BCUT2D eigenvalue weighted by atomic mass is 28.3. The molecule has 0 saturated carbocycles. The number of benzene rings is 2. The molecule has 2 aromatic rings. The van der Waals surface area contributed by atoms with Crippen molar-refractivity contribution in [2.75, 3.05) is 0 Å². The van der Waals surface area contributed by atoms with Crippen molar-refractivity contribution in [1.82, 2.24) is 10.2 Å². The third-order valence-corrected chi connectivity index (χ3v) is 11.8. The quantitative estimate of drug-likeness (QED) is 0.442. The Kier molecular flexibility index (Phi) is 8.82. The molecule has 2 atom stereocenters. The van der Waals surface area contributed by atoms with Crippen LogP contribution in [0, 0.1) is 11.5 Å². The summed E-state index contributed by atoms with van der Waals surface area (Å²) < 4.78 is 5.55. The van der Waals surface area contributed by atoms with Gasteiger partial charge in [-0.1, -0.05) is 88.5 Å². The Morgan fingerprint density at radius 2 is 1.70 bits per heavy atom. The number of nitrogens with one attached hydrogen (secondary N) is 1. The van der Waals surface area contributed by atoms with Crippen LogP contribution < -0.4 is 11.1 Å². The van der Waals surface area contributed by atoms with Crippen molar-refractivity contribution < 1.29 is 19.1 Å². The van der Waals surface area contributed by atoms with E-state index < -0.39 is 38.1 Å². The van der Waals surface area contributed by atoms with Gasteiger partial charge in [-0.3, -0.25) is 14.5 Å². The van der Waals surface area contributed by atoms with E-state index in [1.54, 1.807) is 0 Å². The van der Waals surface area contributed by atoms with Crippen molar-refractivity contribution in [2.24, 2.45) is 5.73 Å². The molecular formula is C29H37N3O4Si. The fraction of sp³-hybridized carbons (Fsp3) is 0.414. The van der Waals surface area contributed by atoms with E-state index in [0.29, 0.717) is 6.42 Å². The summed E-state index contributed by atoms with van der Waals surface area (Å²) in [5.74, 6) is 1.99. The molecule has 0 unspecified atom stereocenters. The van der Waals surface area contributed by atoms with Crippen LogP contribution in [0.2, 0.25) is 18.1 Å². The van der Waals surface area contributed by atoms with Crippen LogP contribution in [0.4, 0.5) is 4.79 Å². The van der Waals surface area contributed by atoms with Gasteiger partial charge in [0, 0.05) is 12.8 Å². The first-order valence-electron chi connectivity index (χ1n) is 12.5. The summed E-state index contributed by atoms with van der Waals surface area (Å²) in [7, 11) is -1.88. The van der Waals surface area contributed by atoms with Gasteiger partial charge in [0.1, 0.15) is 26.8 Å². The molecule has 37 heavy (non-hydrogen) atoms. The Morgan fingerprint density at radius 3 is 2.32 bits per heavy atom. The molecule has 0 spiro atoms. The number of amides is 3. The van der Waals surface area contributed by atoms with E-state index in [2.05, 4.69) is 50.6 Å². The minimum atomic E-state index is -1.88. The highest BCUT2D eigenvalue weighted by molar-refractivity contribution is 6.87. The average molecular weight is 520 g/mol. The topological polar surface area (TPSA) is 102 Å². The minimum absolute atomic E-state index is 0.0710. The van der Waals surface area contributed by atoms with Gasteiger partial charge in [0.2, 0.25) is 11.8 Å². The highest BCUT2D eigenvalue weighted by Gasteiger charge is 2.37. The number of primary amides is 1. The zero-order chi connectivity index (χ0) is 27.2. The van der Waals surface area contributed by atoms with Crippen LogP contribution in [0.3, 0.4) is 0 Å². The van der Waals surface area contributed by atoms with Crippen molar-refractivity contribution in [1.29, 1.82) is 0 Å². The molecule has 3 N–H and O–H groups in total. The highest BCUT2D eigenvalue weighted by Crippen LogP contribution is 2.35. The van der Waals surface area contributed by atoms with E-state index in [1.165, 1.54) is 4.90 Å². The fourth-order valence-corrected chi connectivity index (χ4v) is 4.72. The summed E-state index contributed by atoms with van der Waals surface area (Å²) in [5.41, 5.74) is 11.8. The summed E-state index contributed by atoms with van der Waals surface area (Å²) >= 11 is 0. The lowest BCUT2D eigenvalue weighted by atomic mass is 9.93. The van der Waals surface area contributed by atoms with Crippen LogP contribution in [0.5, 0.6) is 0 Å². The van der Waals surface area contributed by atoms with Crippen molar-refractivity contribution in [3.05, 3.63) is 71.3 Å². The Bertz CT molecular complexity index is 1190. The maximum absolute atomic E-state index is 13.4. The molecular weight excluding hydrogens is 482 g/mol. The van der Waals surface area contributed by atoms with Gasteiger partial charge in [-0.05, 0) is 21.7 Å². The standard InChI is InChI=1S/C29H37N3O4Si/c1-29(2,3)37(4,5)17-11-16-24(26(30)33)31-27(34)25-18-22-14-9-10-15-23(22)19-32(25)28(35)36-20-21-12-7-6-8-13-21/h6-10,12-15,24-25H,16,18-20H2,1-5H3,(H2,30,33)(H,31,34)/t24-,25+/m1/s1. The maximum atomic E-state index is 13.4. The van der Waals surface area contributed by atoms with E-state index in [0.717, 1.165) is 16.7 Å². The van der Waals surface area contributed by atoms with Crippen molar-refractivity contribution >= 4 is 26.0 Å². The second-order valence-corrected chi connectivity index (χ2v) is 16.0. The first-order valence-corrected chi connectivity index (χ1v) is 15.5. The molecule has 0 fully saturated rings. The Morgan fingerprint density at radius 1 is 1.08 bits per heavy atom. The lowest BCUT2D eigenvalue weighted by Crippen LogP contribution is -2.56. The maximum Gasteiger partial charge on any atom is 0.411 e. The minimum Gasteiger partial charge on any atom is -0.445 e. The molecule has 0 radical (unpaired) electrons. The predicted octanol–water partition coefficient (Wildman–Crippen LogP) is 4.16. The average Bonchev–Trinajstić information content (AvgIpc) is 2.85. The number of nitrogens with zero attached hydrogens (tertiary/aromatic N) is 1. The van der Waals surface area contributed by atoms with Crippen molar-refractivity contribution in [3.8, 4) is 11.5 Å². The summed E-state index contributed by atoms with van der Waals surface area (Å²) in [6, 6.07) is 15.2. The second kappa shape index (κ2) is 11.7. The second-order valence-electron chi connectivity index (χ2n) is 11.0. The number of hydrogen-bond donors (Lipinski definition) is 2. The van der Waals surface area contributed by atoms with Crippen LogP contribution in [0.15, 0.2) is 54.6 Å². The van der Waals surface area contributed by atoms with Crippen LogP contribution >= 0.6 is 0 Å². The third-order valence-electron chi connectivity index (χ3n) is 7.23. The van der Waals surface area contributed by atoms with Crippen molar-refractivity contribution in [3.63, 3.8) is 0 Å². The largest absolute Gasteiger partial charge is 0.445 e. The molecule has 0 aromatic heterocycles. The van der Waals surface area contributed by atoms with E-state index in [-0.39, 0.29) is 24.6 Å². The first-order chi connectivity index (χ1) is 17.4. The predicted molar refractivity (Wildman–Crippen MR) is 147 cm³/mol. The summed E-state index contributed by atoms with van der Waals surface area (Å²) in [4.78, 5) is 40.1. The summed E-state index contributed by atoms with van der Waals surface area (Å²) in [6.45, 7) is 11.2. The van der Waals surface area contributed by atoms with Gasteiger partial charge in [0.15, 0.2) is 0 Å². The lowest BCUT2D eigenvalue weighted by Gasteiger charge is -2.35. The first kappa shape index (κ1) is 28.0. The van der Waals surface area contributed by atoms with E-state index in [9.17, 15) is 14.4 Å². The molecule has 196 valence electrons. The Balaban J connectivity index is 1.77. The zero-order valence-corrected chi connectivity index (χ0v) is 23.3. The van der Waals surface area contributed by atoms with Crippen LogP contribution in [-0.4, -0.2) is 43.0 Å². The molecule has 1 aliphatic rings. The van der Waals surface area contributed by atoms with Crippen LogP contribution in [-0.2, 0) is 33.9 Å². The lowest BCUT2D eigenvalue weighted by molar-refractivity contribution is -0.130. The van der Waals surface area contributed by atoms with Gasteiger partial charge in [-0.15, -0.1) is 11.5 Å². The number of ether oxygens (including phenoxy) is 1. The SMILES string of the molecule is CC(C)(C)[Si](C)(C)C#CC[C@@H](NC(=O)[C@@H]1Cc2ccccc2CN1C(=O)OCc1ccccc1)C(N)=O. The van der Waals surface area contributed by atoms with Gasteiger partial charge in [0.05, 0.1) is 6.54 Å².